The highest BCUT2D eigenvalue weighted by molar-refractivity contribution is 6.02. The number of aliphatic hydroxyl groups excluding tert-OH is 1. The molecule has 3 N–H and O–H groups in total. The fraction of sp³-hybridized carbons (Fsp3) is 0.517. The van der Waals surface area contributed by atoms with Gasteiger partial charge in [0, 0.05) is 125 Å². The summed E-state index contributed by atoms with van der Waals surface area (Å²) in [5.74, 6) is 1.21. The summed E-state index contributed by atoms with van der Waals surface area (Å²) in [6.45, 7) is 15.7. The minimum atomic E-state index is -0.933. The minimum Gasteiger partial charge on any atom is -0.373 e. The molecule has 11 rings (SSSR count). The van der Waals surface area contributed by atoms with Crippen molar-refractivity contribution in [2.24, 2.45) is 17.8 Å². The number of pyridine rings is 2. The van der Waals surface area contributed by atoms with Gasteiger partial charge in [0.1, 0.15) is 24.2 Å². The van der Waals surface area contributed by atoms with Crippen molar-refractivity contribution in [3.05, 3.63) is 106 Å². The van der Waals surface area contributed by atoms with Crippen LogP contribution in [0.4, 0.5) is 21.6 Å². The van der Waals surface area contributed by atoms with Gasteiger partial charge in [0.15, 0.2) is 12.3 Å². The Bertz CT molecular complexity index is 2820. The number of carbonyl (C=O) groups is 3. The largest absolute Gasteiger partial charge is 0.373 e. The number of imide groups is 1. The van der Waals surface area contributed by atoms with Crippen molar-refractivity contribution in [2.75, 3.05) is 68.0 Å². The molecule has 2 aromatic carbocycles. The third-order valence-corrected chi connectivity index (χ3v) is 17.5. The molecule has 3 amide bonds. The number of likely N-dealkylation sites (tertiary alicyclic amines) is 1. The lowest BCUT2D eigenvalue weighted by molar-refractivity contribution is -0.568. The number of hydrogen-bond donors (Lipinski definition) is 3. The van der Waals surface area contributed by atoms with E-state index in [0.717, 1.165) is 118 Å². The number of halogens is 1. The lowest BCUT2D eigenvalue weighted by Gasteiger charge is -2.42. The van der Waals surface area contributed by atoms with Crippen LogP contribution in [0.25, 0.3) is 16.7 Å². The smallest absolute Gasteiger partial charge is 0.253 e. The van der Waals surface area contributed by atoms with E-state index in [4.69, 9.17) is 4.98 Å². The van der Waals surface area contributed by atoms with E-state index in [9.17, 15) is 19.5 Å². The van der Waals surface area contributed by atoms with E-state index in [1.54, 1.807) is 4.90 Å². The van der Waals surface area contributed by atoms with Crippen molar-refractivity contribution >= 4 is 46.7 Å². The standard InChI is InChI=1S/C58H71FN10O4/c1-35-27-49-47(45(14-19-61-49)42-7-12-53(60-5)62-31-42)30-46(35)38(4)65-22-17-41(18-23-65)55-36(2)26-43(29-48(55)59)57(72)66-20-15-39(16-21-66)34-67-25-24-64(32-37(67)3)33-40-6-10-50-52(28-40)68(44-8-9-44)58(73)69(50)51-11-13-54(70)63-56(51)71/h6-7,10,12,14,17,19,22,26,28-29,31,35,37-39,44,46,51,58,73H,8-9,11,13,15-16,18,20-21,23-25,27,30,32-34H2,1-5H3,(H-,60,61,62,63,70,71)/p+1/t35?,37-,38?,46?,51?,58?/m0/s1. The van der Waals surface area contributed by atoms with Crippen LogP contribution in [0.2, 0.25) is 0 Å². The summed E-state index contributed by atoms with van der Waals surface area (Å²) in [4.78, 5) is 59.0. The van der Waals surface area contributed by atoms with Crippen LogP contribution in [0.1, 0.15) is 104 Å². The first-order valence-corrected chi connectivity index (χ1v) is 27.0. The van der Waals surface area contributed by atoms with Gasteiger partial charge in [-0.1, -0.05) is 13.0 Å². The van der Waals surface area contributed by atoms with E-state index in [1.807, 2.05) is 49.5 Å². The first kappa shape index (κ1) is 49.2. The number of nitrogens with zero attached hydrogens (tertiary/aromatic N) is 8. The second kappa shape index (κ2) is 20.4. The van der Waals surface area contributed by atoms with Gasteiger partial charge >= 0.3 is 0 Å². The van der Waals surface area contributed by atoms with Crippen molar-refractivity contribution in [3.8, 4) is 11.1 Å². The van der Waals surface area contributed by atoms with E-state index >= 15 is 4.39 Å². The maximum Gasteiger partial charge on any atom is 0.253 e. The zero-order valence-corrected chi connectivity index (χ0v) is 43.2. The number of aryl methyl sites for hydroxylation is 1. The Kier molecular flexibility index (Phi) is 13.7. The maximum absolute atomic E-state index is 16.2. The highest BCUT2D eigenvalue weighted by atomic mass is 19.1. The second-order valence-corrected chi connectivity index (χ2v) is 22.2. The molecule has 0 bridgehead atoms. The van der Waals surface area contributed by atoms with Crippen LogP contribution >= 0.6 is 0 Å². The first-order chi connectivity index (χ1) is 35.3. The number of aromatic nitrogens is 2. The van der Waals surface area contributed by atoms with Gasteiger partial charge in [0.2, 0.25) is 18.2 Å². The van der Waals surface area contributed by atoms with Crippen LogP contribution in [0, 0.1) is 30.5 Å². The Balaban J connectivity index is 0.671. The molecule has 6 atom stereocenters. The summed E-state index contributed by atoms with van der Waals surface area (Å²) in [7, 11) is 1.88. The van der Waals surface area contributed by atoms with E-state index < -0.39 is 12.4 Å². The number of hydrogen-bond acceptors (Lipinski definition) is 11. The molecule has 4 fully saturated rings. The molecule has 7 aliphatic rings. The van der Waals surface area contributed by atoms with E-state index in [1.165, 1.54) is 28.5 Å². The summed E-state index contributed by atoms with van der Waals surface area (Å²) in [5, 5.41) is 17.1. The summed E-state index contributed by atoms with van der Waals surface area (Å²) in [6.07, 6.45) is 14.3. The zero-order chi connectivity index (χ0) is 50.7. The number of fused-ring (bicyclic) bond motifs is 2. The van der Waals surface area contributed by atoms with Crippen LogP contribution in [0.5, 0.6) is 0 Å². The summed E-state index contributed by atoms with van der Waals surface area (Å²) in [6, 6.07) is 16.3. The molecule has 2 aliphatic carbocycles. The molecule has 14 nitrogen and oxygen atoms in total. The third kappa shape index (κ3) is 9.80. The molecule has 3 saturated heterocycles. The quantitative estimate of drug-likeness (QED) is 0.101. The number of piperazine rings is 1. The summed E-state index contributed by atoms with van der Waals surface area (Å²) >= 11 is 0. The molecule has 4 aromatic rings. The van der Waals surface area contributed by atoms with Gasteiger partial charge in [-0.05, 0) is 148 Å². The molecule has 0 radical (unpaired) electrons. The maximum atomic E-state index is 16.2. The van der Waals surface area contributed by atoms with Gasteiger partial charge in [0.25, 0.3) is 5.91 Å². The lowest BCUT2D eigenvalue weighted by Crippen LogP contribution is -2.57. The number of amides is 3. The molecule has 2 aromatic heterocycles. The molecule has 384 valence electrons. The molecule has 0 spiro atoms. The molecular weight excluding hydrogens is 920 g/mol. The van der Waals surface area contributed by atoms with Gasteiger partial charge in [-0.2, -0.15) is 0 Å². The molecule has 73 heavy (non-hydrogen) atoms. The highest BCUT2D eigenvalue weighted by Gasteiger charge is 2.48. The van der Waals surface area contributed by atoms with Gasteiger partial charge < -0.3 is 25.1 Å². The van der Waals surface area contributed by atoms with Crippen LogP contribution in [-0.2, 0) is 29.0 Å². The van der Waals surface area contributed by atoms with Gasteiger partial charge in [-0.3, -0.25) is 34.5 Å². The second-order valence-electron chi connectivity index (χ2n) is 22.2. The minimum absolute atomic E-state index is 0.0871. The predicted octanol–water partition coefficient (Wildman–Crippen LogP) is 6.87. The van der Waals surface area contributed by atoms with Crippen LogP contribution in [-0.4, -0.2) is 142 Å². The number of piperidine rings is 2. The predicted molar refractivity (Wildman–Crippen MR) is 283 cm³/mol. The Morgan fingerprint density at radius 2 is 1.77 bits per heavy atom. The fourth-order valence-electron chi connectivity index (χ4n) is 13.2. The number of anilines is 3. The molecular formula is C58H72FN10O4+. The number of nitrogens with one attached hydrogen (secondary N) is 2. The van der Waals surface area contributed by atoms with Crippen molar-refractivity contribution in [2.45, 2.75) is 123 Å². The van der Waals surface area contributed by atoms with Gasteiger partial charge in [-0.25, -0.2) is 13.9 Å². The topological polar surface area (TPSA) is 140 Å². The van der Waals surface area contributed by atoms with E-state index in [-0.39, 0.29) is 42.0 Å². The number of benzene rings is 2. The van der Waals surface area contributed by atoms with Crippen LogP contribution in [0.3, 0.4) is 0 Å². The van der Waals surface area contributed by atoms with Gasteiger partial charge in [0.05, 0.1) is 11.4 Å². The van der Waals surface area contributed by atoms with E-state index in [0.29, 0.717) is 54.4 Å². The number of rotatable bonds is 12. The average molecular weight is 992 g/mol. The summed E-state index contributed by atoms with van der Waals surface area (Å²) < 4.78 is 18.6. The SMILES string of the molecule is CNc1ccc(-c2ccnc3c2CC(C(C)[N+]2=CC=C(c4c(C)cc(C(=O)N5CCC(CN6CCN(Cc7ccc8c(c7)N(C7CC7)C(O)N8C7CCC(=O)NC7=O)C[C@@H]6C)CC5)cc4F)CC2)C(C)C3)cn1. The first-order valence-electron chi connectivity index (χ1n) is 27.0. The van der Waals surface area contributed by atoms with Crippen molar-refractivity contribution in [3.63, 3.8) is 0 Å². The molecule has 5 unspecified atom stereocenters. The number of allylic oxidation sites excluding steroid dienone is 1. The Morgan fingerprint density at radius 3 is 2.47 bits per heavy atom. The van der Waals surface area contributed by atoms with Crippen LogP contribution in [0.15, 0.2) is 67.0 Å². The fourth-order valence-corrected chi connectivity index (χ4v) is 13.2. The molecule has 7 heterocycles. The Morgan fingerprint density at radius 1 is 0.945 bits per heavy atom. The van der Waals surface area contributed by atoms with Crippen LogP contribution < -0.4 is 20.4 Å². The normalized spacial score (nSPS) is 25.5. The Hall–Kier alpha value is -6.03. The van der Waals surface area contributed by atoms with E-state index in [2.05, 4.69) is 92.2 Å². The Labute approximate surface area is 429 Å². The molecule has 15 heteroatoms. The molecule has 5 aliphatic heterocycles. The van der Waals surface area contributed by atoms with Crippen molar-refractivity contribution in [1.29, 1.82) is 0 Å². The zero-order valence-electron chi connectivity index (χ0n) is 43.2. The van der Waals surface area contributed by atoms with Gasteiger partial charge in [-0.15, -0.1) is 0 Å². The average Bonchev–Trinajstić information content (AvgIpc) is 4.19. The highest BCUT2D eigenvalue weighted by Crippen LogP contribution is 2.47. The van der Waals surface area contributed by atoms with Crippen molar-refractivity contribution < 1.29 is 28.5 Å². The summed E-state index contributed by atoms with van der Waals surface area (Å²) in [5.41, 5.74) is 10.6. The number of aliphatic hydroxyl groups is 1. The third-order valence-electron chi connectivity index (χ3n) is 17.5. The van der Waals surface area contributed by atoms with Crippen molar-refractivity contribution in [1.82, 2.24) is 30.0 Å². The molecule has 1 saturated carbocycles. The lowest BCUT2D eigenvalue weighted by atomic mass is 9.73. The monoisotopic (exact) mass is 992 g/mol. The number of carbonyl (C=O) groups excluding carboxylic acids is 3.